The number of carboxylic acids is 1. The molecule has 0 saturated heterocycles. The first-order valence-electron chi connectivity index (χ1n) is 5.46. The van der Waals surface area contributed by atoms with E-state index >= 15 is 0 Å². The van der Waals surface area contributed by atoms with Gasteiger partial charge >= 0.3 is 16.1 Å². The van der Waals surface area contributed by atoms with E-state index in [1.807, 2.05) is 0 Å². The molecule has 6 nitrogen and oxygen atoms in total. The molecule has 0 heterocycles. The molecule has 0 spiro atoms. The summed E-state index contributed by atoms with van der Waals surface area (Å²) >= 11 is 0. The quantitative estimate of drug-likeness (QED) is 0.835. The van der Waals surface area contributed by atoms with Crippen LogP contribution in [0, 0.1) is 0 Å². The minimum Gasteiger partial charge on any atom is -0.508 e. The van der Waals surface area contributed by atoms with Crippen molar-refractivity contribution in [2.75, 3.05) is 0 Å². The van der Waals surface area contributed by atoms with Crippen LogP contribution in [0.1, 0.15) is 10.4 Å². The zero-order chi connectivity index (χ0) is 14.8. The molecule has 0 fully saturated rings. The summed E-state index contributed by atoms with van der Waals surface area (Å²) in [6.45, 7) is 0. The highest BCUT2D eigenvalue weighted by Gasteiger charge is 2.20. The van der Waals surface area contributed by atoms with Crippen molar-refractivity contribution in [2.45, 2.75) is 4.90 Å². The highest BCUT2D eigenvalue weighted by atomic mass is 32.2. The Labute approximate surface area is 115 Å². The second kappa shape index (κ2) is 5.22. The molecule has 20 heavy (non-hydrogen) atoms. The maximum Gasteiger partial charge on any atom is 0.339 e. The molecule has 2 N–H and O–H groups in total. The molecule has 0 radical (unpaired) electrons. The van der Waals surface area contributed by atoms with Crippen LogP contribution < -0.4 is 4.18 Å². The third-order valence-corrected chi connectivity index (χ3v) is 3.69. The molecule has 0 aliphatic heterocycles. The summed E-state index contributed by atoms with van der Waals surface area (Å²) in [6, 6.07) is 10.1. The van der Waals surface area contributed by atoms with Gasteiger partial charge in [0.25, 0.3) is 0 Å². The van der Waals surface area contributed by atoms with Crippen molar-refractivity contribution >= 4 is 16.1 Å². The Hall–Kier alpha value is -2.54. The molecule has 2 aromatic rings. The van der Waals surface area contributed by atoms with Crippen molar-refractivity contribution in [1.82, 2.24) is 0 Å². The lowest BCUT2D eigenvalue weighted by Crippen LogP contribution is -2.12. The number of carboxylic acid groups (broad SMARTS) is 1. The Balaban J connectivity index is 2.38. The lowest BCUT2D eigenvalue weighted by atomic mass is 10.2. The third kappa shape index (κ3) is 2.89. The molecule has 0 bridgehead atoms. The van der Waals surface area contributed by atoms with Crippen molar-refractivity contribution in [3.8, 4) is 11.5 Å². The van der Waals surface area contributed by atoms with Crippen LogP contribution in [0.3, 0.4) is 0 Å². The molecule has 0 unspecified atom stereocenters. The predicted octanol–water partition coefficient (Wildman–Crippen LogP) is 1.86. The van der Waals surface area contributed by atoms with E-state index in [0.717, 1.165) is 12.1 Å². The number of phenols is 1. The summed E-state index contributed by atoms with van der Waals surface area (Å²) in [7, 11) is -4.16. The van der Waals surface area contributed by atoms with Gasteiger partial charge in [0.05, 0.1) is 0 Å². The highest BCUT2D eigenvalue weighted by molar-refractivity contribution is 7.87. The van der Waals surface area contributed by atoms with Gasteiger partial charge < -0.3 is 14.4 Å². The Kier molecular flexibility index (Phi) is 3.62. The van der Waals surface area contributed by atoms with E-state index in [4.69, 9.17) is 14.4 Å². The van der Waals surface area contributed by atoms with Crippen LogP contribution in [0.4, 0.5) is 0 Å². The minimum absolute atomic E-state index is 0.0881. The van der Waals surface area contributed by atoms with Gasteiger partial charge in [-0.05, 0) is 36.4 Å². The first-order valence-corrected chi connectivity index (χ1v) is 6.87. The van der Waals surface area contributed by atoms with Crippen LogP contribution in [-0.2, 0) is 10.1 Å². The Bertz CT molecular complexity index is 734. The van der Waals surface area contributed by atoms with Crippen LogP contribution in [0.25, 0.3) is 0 Å². The molecule has 0 saturated carbocycles. The zero-order valence-corrected chi connectivity index (χ0v) is 10.9. The molecule has 7 heteroatoms. The number of rotatable bonds is 4. The van der Waals surface area contributed by atoms with Crippen molar-refractivity contribution in [1.29, 1.82) is 0 Å². The average Bonchev–Trinajstić information content (AvgIpc) is 2.39. The van der Waals surface area contributed by atoms with Crippen molar-refractivity contribution in [3.05, 3.63) is 54.1 Å². The van der Waals surface area contributed by atoms with E-state index in [2.05, 4.69) is 0 Å². The second-order valence-electron chi connectivity index (χ2n) is 3.83. The first kappa shape index (κ1) is 13.9. The lowest BCUT2D eigenvalue weighted by Gasteiger charge is -2.09. The van der Waals surface area contributed by atoms with Crippen molar-refractivity contribution in [3.63, 3.8) is 0 Å². The second-order valence-corrected chi connectivity index (χ2v) is 5.38. The summed E-state index contributed by atoms with van der Waals surface area (Å²) in [4.78, 5) is 10.8. The molecule has 2 aromatic carbocycles. The molecular weight excluding hydrogens is 284 g/mol. The largest absolute Gasteiger partial charge is 0.508 e. The number of phenolic OH excluding ortho intramolecular Hbond substituents is 1. The van der Waals surface area contributed by atoms with Gasteiger partial charge in [0.1, 0.15) is 16.2 Å². The smallest absolute Gasteiger partial charge is 0.339 e. The van der Waals surface area contributed by atoms with E-state index in [9.17, 15) is 13.2 Å². The number of aromatic hydroxyl groups is 1. The van der Waals surface area contributed by atoms with Crippen molar-refractivity contribution in [2.24, 2.45) is 0 Å². The van der Waals surface area contributed by atoms with Gasteiger partial charge in [0, 0.05) is 0 Å². The predicted molar refractivity (Wildman–Crippen MR) is 69.3 cm³/mol. The summed E-state index contributed by atoms with van der Waals surface area (Å²) in [5.74, 6) is -1.65. The number of benzene rings is 2. The van der Waals surface area contributed by atoms with Crippen LogP contribution in [-0.4, -0.2) is 24.6 Å². The normalized spacial score (nSPS) is 11.0. The van der Waals surface area contributed by atoms with Crippen molar-refractivity contribution < 1.29 is 27.6 Å². The fourth-order valence-electron chi connectivity index (χ4n) is 1.50. The summed E-state index contributed by atoms with van der Waals surface area (Å²) in [5, 5.41) is 18.1. The van der Waals surface area contributed by atoms with Gasteiger partial charge in [-0.2, -0.15) is 8.42 Å². The van der Waals surface area contributed by atoms with Crippen LogP contribution in [0.2, 0.25) is 0 Å². The average molecular weight is 294 g/mol. The van der Waals surface area contributed by atoms with E-state index in [0.29, 0.717) is 0 Å². The Morgan fingerprint density at radius 3 is 2.20 bits per heavy atom. The highest BCUT2D eigenvalue weighted by Crippen LogP contribution is 2.23. The van der Waals surface area contributed by atoms with E-state index in [1.54, 1.807) is 0 Å². The van der Waals surface area contributed by atoms with Gasteiger partial charge in [-0.1, -0.05) is 12.1 Å². The standard InChI is InChI=1S/C13H10O6S/c14-9-5-7-10(8-6-9)20(17,18)19-12-4-2-1-3-11(12)13(15)16/h1-8,14H,(H,15,16). The Morgan fingerprint density at radius 1 is 1.00 bits per heavy atom. The molecule has 0 aromatic heterocycles. The number of aromatic carboxylic acids is 1. The van der Waals surface area contributed by atoms with E-state index in [-0.39, 0.29) is 22.0 Å². The molecule has 0 aliphatic rings. The SMILES string of the molecule is O=C(O)c1ccccc1OS(=O)(=O)c1ccc(O)cc1. The molecular formula is C13H10O6S. The summed E-state index contributed by atoms with van der Waals surface area (Å²) in [6.07, 6.45) is 0. The fourth-order valence-corrected chi connectivity index (χ4v) is 2.44. The minimum atomic E-state index is -4.16. The number of hydrogen-bond acceptors (Lipinski definition) is 5. The maximum atomic E-state index is 12.0. The molecule has 104 valence electrons. The van der Waals surface area contributed by atoms with Gasteiger partial charge in [-0.25, -0.2) is 4.79 Å². The van der Waals surface area contributed by atoms with Crippen LogP contribution in [0.5, 0.6) is 11.5 Å². The first-order chi connectivity index (χ1) is 9.40. The molecule has 0 aliphatic carbocycles. The lowest BCUT2D eigenvalue weighted by molar-refractivity contribution is 0.0695. The topological polar surface area (TPSA) is 101 Å². The maximum absolute atomic E-state index is 12.0. The number of hydrogen-bond donors (Lipinski definition) is 2. The van der Waals surface area contributed by atoms with E-state index in [1.165, 1.54) is 36.4 Å². The molecule has 0 amide bonds. The van der Waals surface area contributed by atoms with Gasteiger partial charge in [-0.15, -0.1) is 0 Å². The summed E-state index contributed by atoms with van der Waals surface area (Å²) in [5.41, 5.74) is -0.255. The van der Waals surface area contributed by atoms with Crippen LogP contribution in [0.15, 0.2) is 53.4 Å². The van der Waals surface area contributed by atoms with E-state index < -0.39 is 16.1 Å². The van der Waals surface area contributed by atoms with Gasteiger partial charge in [-0.3, -0.25) is 0 Å². The molecule has 0 atom stereocenters. The fraction of sp³-hybridized carbons (Fsp3) is 0. The van der Waals surface area contributed by atoms with Gasteiger partial charge in [0.2, 0.25) is 0 Å². The molecule has 2 rings (SSSR count). The zero-order valence-electron chi connectivity index (χ0n) is 10.1. The monoisotopic (exact) mass is 294 g/mol. The Morgan fingerprint density at radius 2 is 1.60 bits per heavy atom. The summed E-state index contributed by atoms with van der Waals surface area (Å²) < 4.78 is 28.8. The number of carbonyl (C=O) groups is 1. The van der Waals surface area contributed by atoms with Crippen LogP contribution >= 0.6 is 0 Å². The van der Waals surface area contributed by atoms with Gasteiger partial charge in [0.15, 0.2) is 5.75 Å². The third-order valence-electron chi connectivity index (χ3n) is 2.44. The number of para-hydroxylation sites is 1.